The molecule has 0 saturated heterocycles. The topological polar surface area (TPSA) is 87.4 Å². The minimum atomic E-state index is -1.23. The first-order chi connectivity index (χ1) is 15.5. The van der Waals surface area contributed by atoms with Crippen LogP contribution >= 0.6 is 0 Å². The van der Waals surface area contributed by atoms with E-state index in [0.717, 1.165) is 41.8 Å². The Balaban J connectivity index is 1.95. The molecule has 1 N–H and O–H groups in total. The molecule has 0 fully saturated rings. The molecule has 1 heterocycles. The van der Waals surface area contributed by atoms with Crippen molar-refractivity contribution < 1.29 is 19.2 Å². The number of rotatable bonds is 10. The maximum Gasteiger partial charge on any atom is 0.338 e. The maximum atomic E-state index is 12.8. The summed E-state index contributed by atoms with van der Waals surface area (Å²) in [5, 5.41) is 10.4. The summed E-state index contributed by atoms with van der Waals surface area (Å²) in [6.45, 7) is 4.28. The number of imidazole rings is 1. The van der Waals surface area contributed by atoms with Crippen LogP contribution in [0.3, 0.4) is 0 Å². The Hall–Kier alpha value is -2.61. The van der Waals surface area contributed by atoms with Crippen molar-refractivity contribution in [2.75, 3.05) is 12.9 Å². The van der Waals surface area contributed by atoms with Gasteiger partial charge in [0.15, 0.2) is 0 Å². The van der Waals surface area contributed by atoms with E-state index in [1.54, 1.807) is 6.07 Å². The molecule has 3 rings (SSSR count). The van der Waals surface area contributed by atoms with Gasteiger partial charge in [-0.15, -0.1) is 0 Å². The Kier molecular flexibility index (Phi) is 8.50. The van der Waals surface area contributed by atoms with E-state index in [-0.39, 0.29) is 12.6 Å². The van der Waals surface area contributed by atoms with E-state index in [2.05, 4.69) is 11.9 Å². The van der Waals surface area contributed by atoms with Gasteiger partial charge in [0.25, 0.3) is 5.03 Å². The Morgan fingerprint density at radius 1 is 1.16 bits per heavy atom. The van der Waals surface area contributed by atoms with Crippen LogP contribution in [0.5, 0.6) is 0 Å². The smallest absolute Gasteiger partial charge is 0.338 e. The van der Waals surface area contributed by atoms with E-state index in [9.17, 15) is 14.5 Å². The van der Waals surface area contributed by atoms with Crippen LogP contribution in [-0.4, -0.2) is 38.0 Å². The van der Waals surface area contributed by atoms with Crippen molar-refractivity contribution in [2.24, 2.45) is 0 Å². The summed E-state index contributed by atoms with van der Waals surface area (Å²) >= 11 is -1.23. The van der Waals surface area contributed by atoms with Gasteiger partial charge < -0.3 is 14.4 Å². The van der Waals surface area contributed by atoms with Crippen LogP contribution in [0.1, 0.15) is 54.1 Å². The second-order valence-electron chi connectivity index (χ2n) is 7.50. The highest BCUT2D eigenvalue weighted by Gasteiger charge is 2.25. The van der Waals surface area contributed by atoms with E-state index >= 15 is 0 Å². The molecule has 3 aromatic rings. The van der Waals surface area contributed by atoms with Crippen LogP contribution in [0.25, 0.3) is 11.1 Å². The van der Waals surface area contributed by atoms with Gasteiger partial charge in [0.1, 0.15) is 17.3 Å². The van der Waals surface area contributed by atoms with Gasteiger partial charge >= 0.3 is 5.97 Å². The zero-order valence-corrected chi connectivity index (χ0v) is 19.7. The van der Waals surface area contributed by atoms with Crippen molar-refractivity contribution in [3.05, 3.63) is 71.2 Å². The normalized spacial score (nSPS) is 12.0. The number of aromatic nitrogens is 2. The molecule has 0 aliphatic heterocycles. The average Bonchev–Trinajstić information content (AvgIpc) is 3.19. The number of hydrogen-bond acceptors (Lipinski definition) is 5. The van der Waals surface area contributed by atoms with E-state index < -0.39 is 11.2 Å². The molecule has 0 saturated carbocycles. The van der Waals surface area contributed by atoms with Gasteiger partial charge in [-0.05, 0) is 36.1 Å². The van der Waals surface area contributed by atoms with Crippen molar-refractivity contribution in [1.29, 1.82) is 0 Å². The molecule has 32 heavy (non-hydrogen) atoms. The Morgan fingerprint density at radius 3 is 2.50 bits per heavy atom. The first kappa shape index (κ1) is 24.0. The molecule has 0 aliphatic rings. The molecule has 170 valence electrons. The molecule has 1 atom stereocenters. The molecule has 0 bridgehead atoms. The third kappa shape index (κ3) is 5.23. The van der Waals surface area contributed by atoms with Gasteiger partial charge in [0, 0.05) is 17.6 Å². The van der Waals surface area contributed by atoms with Crippen molar-refractivity contribution in [3.63, 3.8) is 0 Å². The number of carbonyl (C=O) groups is 1. The monoisotopic (exact) mass is 454 g/mol. The van der Waals surface area contributed by atoms with E-state index in [1.807, 2.05) is 54.0 Å². The molecular weight excluding hydrogens is 424 g/mol. The number of nitrogens with zero attached hydrogens (tertiary/aromatic N) is 2. The number of carbonyl (C=O) groups excluding carboxylic acids is 1. The lowest BCUT2D eigenvalue weighted by Crippen LogP contribution is -2.16. The number of aliphatic hydroxyl groups is 1. The van der Waals surface area contributed by atoms with Crippen LogP contribution in [-0.2, 0) is 35.5 Å². The van der Waals surface area contributed by atoms with Gasteiger partial charge in [-0.25, -0.2) is 9.78 Å². The summed E-state index contributed by atoms with van der Waals surface area (Å²) in [5.41, 5.74) is 3.78. The Labute approximate surface area is 192 Å². The highest BCUT2D eigenvalue weighted by atomic mass is 32.2. The molecular formula is C25H30N2O4S. The molecule has 0 radical (unpaired) electrons. The second-order valence-corrected chi connectivity index (χ2v) is 9.15. The SMILES string of the molecule is CCCCc1nc(CO)c([S+]([O-])CC)n1Cc1ccc(-c2ccccc2C(=O)OC)cc1. The van der Waals surface area contributed by atoms with Gasteiger partial charge in [-0.2, -0.15) is 0 Å². The lowest BCUT2D eigenvalue weighted by Gasteiger charge is -2.15. The Morgan fingerprint density at radius 2 is 1.88 bits per heavy atom. The summed E-state index contributed by atoms with van der Waals surface area (Å²) in [6, 6.07) is 15.3. The summed E-state index contributed by atoms with van der Waals surface area (Å²) in [6.07, 6.45) is 2.78. The van der Waals surface area contributed by atoms with E-state index in [0.29, 0.717) is 28.6 Å². The Bertz CT molecular complexity index is 1050. The van der Waals surface area contributed by atoms with E-state index in [1.165, 1.54) is 7.11 Å². The number of esters is 1. The first-order valence-electron chi connectivity index (χ1n) is 10.9. The fourth-order valence-electron chi connectivity index (χ4n) is 3.71. The van der Waals surface area contributed by atoms with Gasteiger partial charge in [0.05, 0.1) is 25.8 Å². The fourth-order valence-corrected chi connectivity index (χ4v) is 4.78. The summed E-state index contributed by atoms with van der Waals surface area (Å²) in [5.74, 6) is 0.953. The van der Waals surface area contributed by atoms with Crippen LogP contribution < -0.4 is 0 Å². The third-order valence-corrected chi connectivity index (χ3v) is 6.80. The largest absolute Gasteiger partial charge is 0.610 e. The zero-order valence-electron chi connectivity index (χ0n) is 18.8. The zero-order chi connectivity index (χ0) is 23.1. The minimum absolute atomic E-state index is 0.226. The lowest BCUT2D eigenvalue weighted by atomic mass is 9.98. The lowest BCUT2D eigenvalue weighted by molar-refractivity contribution is 0.0601. The number of aliphatic hydroxyl groups excluding tert-OH is 1. The number of benzene rings is 2. The van der Waals surface area contributed by atoms with Crippen molar-refractivity contribution in [3.8, 4) is 11.1 Å². The minimum Gasteiger partial charge on any atom is -0.610 e. The predicted molar refractivity (Wildman–Crippen MR) is 126 cm³/mol. The van der Waals surface area contributed by atoms with Crippen molar-refractivity contribution in [1.82, 2.24) is 9.55 Å². The molecule has 1 aromatic heterocycles. The van der Waals surface area contributed by atoms with Crippen LogP contribution in [0, 0.1) is 0 Å². The van der Waals surface area contributed by atoms with E-state index in [4.69, 9.17) is 4.74 Å². The summed E-state index contributed by atoms with van der Waals surface area (Å²) < 4.78 is 19.7. The quantitative estimate of drug-likeness (QED) is 0.364. The number of ether oxygens (including phenoxy) is 1. The fraction of sp³-hybridized carbons (Fsp3) is 0.360. The average molecular weight is 455 g/mol. The van der Waals surface area contributed by atoms with Crippen LogP contribution in [0.15, 0.2) is 53.6 Å². The number of aryl methyl sites for hydroxylation is 1. The molecule has 0 amide bonds. The molecule has 2 aromatic carbocycles. The number of hydrogen-bond donors (Lipinski definition) is 1. The molecule has 0 spiro atoms. The highest BCUT2D eigenvalue weighted by molar-refractivity contribution is 7.91. The van der Waals surface area contributed by atoms with Crippen molar-refractivity contribution in [2.45, 2.75) is 51.3 Å². The van der Waals surface area contributed by atoms with Gasteiger partial charge in [0.2, 0.25) is 0 Å². The standard InChI is InChI=1S/C25H30N2O4S/c1-4-6-11-23-26-22(17-28)24(32(30)5-2)27(23)16-18-12-14-19(15-13-18)20-9-7-8-10-21(20)25(29)31-3/h7-10,12-15,28H,4-6,11,16-17H2,1-3H3. The van der Waals surface area contributed by atoms with Crippen LogP contribution in [0.2, 0.25) is 0 Å². The molecule has 1 unspecified atom stereocenters. The molecule has 0 aliphatic carbocycles. The summed E-state index contributed by atoms with van der Waals surface area (Å²) in [7, 11) is 1.38. The van der Waals surface area contributed by atoms with Gasteiger partial charge in [-0.1, -0.05) is 55.8 Å². The predicted octanol–water partition coefficient (Wildman–Crippen LogP) is 4.35. The van der Waals surface area contributed by atoms with Gasteiger partial charge in [-0.3, -0.25) is 4.57 Å². The highest BCUT2D eigenvalue weighted by Crippen LogP contribution is 2.26. The van der Waals surface area contributed by atoms with Crippen LogP contribution in [0.4, 0.5) is 0 Å². The summed E-state index contributed by atoms with van der Waals surface area (Å²) in [4.78, 5) is 16.7. The number of unbranched alkanes of at least 4 members (excludes halogenated alkanes) is 1. The van der Waals surface area contributed by atoms with Crippen molar-refractivity contribution >= 4 is 17.1 Å². The second kappa shape index (κ2) is 11.3. The maximum absolute atomic E-state index is 12.8. The molecule has 6 nitrogen and oxygen atoms in total. The molecule has 7 heteroatoms. The first-order valence-corrected chi connectivity index (χ1v) is 12.2. The number of methoxy groups -OCH3 is 1. The third-order valence-electron chi connectivity index (χ3n) is 5.39.